The van der Waals surface area contributed by atoms with Crippen LogP contribution >= 0.6 is 11.6 Å². The number of benzene rings is 2. The Balaban J connectivity index is 1.47. The van der Waals surface area contributed by atoms with Crippen LogP contribution in [-0.4, -0.2) is 79.5 Å². The van der Waals surface area contributed by atoms with Crippen LogP contribution in [0.5, 0.6) is 0 Å². The second kappa shape index (κ2) is 12.5. The third-order valence-electron chi connectivity index (χ3n) is 5.73. The smallest absolute Gasteiger partial charge is 0.249 e. The maximum absolute atomic E-state index is 11.8. The van der Waals surface area contributed by atoms with Crippen LogP contribution in [0.2, 0.25) is 5.02 Å². The Hall–Kier alpha value is -2.98. The molecule has 182 valence electrons. The van der Waals surface area contributed by atoms with Crippen LogP contribution < -0.4 is 16.8 Å². The van der Waals surface area contributed by atoms with Crippen molar-refractivity contribution in [3.8, 4) is 0 Å². The van der Waals surface area contributed by atoms with Gasteiger partial charge in [0.05, 0.1) is 12.6 Å². The third kappa shape index (κ3) is 7.26. The molecule has 3 rings (SSSR count). The molecule has 0 bridgehead atoms. The number of rotatable bonds is 11. The Morgan fingerprint density at radius 1 is 0.912 bits per heavy atom. The van der Waals surface area contributed by atoms with Gasteiger partial charge in [-0.2, -0.15) is 0 Å². The van der Waals surface area contributed by atoms with Crippen molar-refractivity contribution in [3.63, 3.8) is 0 Å². The minimum atomic E-state index is -1.54. The summed E-state index contributed by atoms with van der Waals surface area (Å²) in [5, 5.41) is 2.88. The molecule has 10 heteroatoms. The van der Waals surface area contributed by atoms with E-state index in [9.17, 15) is 14.4 Å². The van der Waals surface area contributed by atoms with E-state index in [1.165, 1.54) is 11.1 Å². The second-order valence-corrected chi connectivity index (χ2v) is 8.54. The number of nitrogens with zero attached hydrogens (tertiary/aromatic N) is 2. The fourth-order valence-electron chi connectivity index (χ4n) is 3.98. The Bertz CT molecular complexity index is 951. The largest absolute Gasteiger partial charge is 0.370 e. The number of piperazine rings is 1. The number of carbonyl (C=O) groups is 3. The topological polar surface area (TPSA) is 131 Å². The Labute approximate surface area is 204 Å². The summed E-state index contributed by atoms with van der Waals surface area (Å²) in [5.41, 5.74) is 12.5. The first kappa shape index (κ1) is 25.6. The van der Waals surface area contributed by atoms with E-state index in [-0.39, 0.29) is 12.6 Å². The Kier molecular flexibility index (Phi) is 9.41. The maximum Gasteiger partial charge on any atom is 0.249 e. The minimum absolute atomic E-state index is 0.143. The molecule has 3 amide bonds. The van der Waals surface area contributed by atoms with Crippen molar-refractivity contribution in [2.45, 2.75) is 12.1 Å². The standard InChI is InChI=1S/C24H30ClN5O4/c25-19-8-6-18(7-9-19)22(17-4-2-1-3-5-17)30-12-10-29(11-13-30)14-15-34-16-20(31)28-21(23(26)32)24(27)33/h1-9,21-22H,10-16H2,(H2,26,32)(H2,27,33)(H,28,31). The summed E-state index contributed by atoms with van der Waals surface area (Å²) in [5.74, 6) is -2.64. The van der Waals surface area contributed by atoms with Crippen LogP contribution in [0.25, 0.3) is 0 Å². The summed E-state index contributed by atoms with van der Waals surface area (Å²) in [6.07, 6.45) is 0. The molecule has 5 N–H and O–H groups in total. The molecule has 0 radical (unpaired) electrons. The van der Waals surface area contributed by atoms with Gasteiger partial charge in [-0.25, -0.2) is 0 Å². The van der Waals surface area contributed by atoms with Crippen LogP contribution in [0.15, 0.2) is 54.6 Å². The molecule has 2 aromatic rings. The summed E-state index contributed by atoms with van der Waals surface area (Å²) in [7, 11) is 0. The highest BCUT2D eigenvalue weighted by atomic mass is 35.5. The maximum atomic E-state index is 11.8. The van der Waals surface area contributed by atoms with Gasteiger partial charge in [-0.3, -0.25) is 24.2 Å². The number of nitrogens with two attached hydrogens (primary N) is 2. The minimum Gasteiger partial charge on any atom is -0.370 e. The molecule has 1 saturated heterocycles. The molecule has 0 spiro atoms. The highest BCUT2D eigenvalue weighted by Crippen LogP contribution is 2.30. The van der Waals surface area contributed by atoms with Crippen molar-refractivity contribution in [1.29, 1.82) is 0 Å². The molecule has 1 heterocycles. The Morgan fingerprint density at radius 2 is 1.50 bits per heavy atom. The molecule has 0 saturated carbocycles. The summed E-state index contributed by atoms with van der Waals surface area (Å²) < 4.78 is 5.40. The van der Waals surface area contributed by atoms with E-state index in [4.69, 9.17) is 27.8 Å². The zero-order chi connectivity index (χ0) is 24.5. The van der Waals surface area contributed by atoms with Gasteiger partial charge >= 0.3 is 0 Å². The zero-order valence-corrected chi connectivity index (χ0v) is 19.6. The van der Waals surface area contributed by atoms with Crippen molar-refractivity contribution >= 4 is 29.3 Å². The molecule has 1 fully saturated rings. The van der Waals surface area contributed by atoms with E-state index in [1.54, 1.807) is 0 Å². The Morgan fingerprint density at radius 3 is 2.09 bits per heavy atom. The number of ether oxygens (including phenoxy) is 1. The lowest BCUT2D eigenvalue weighted by atomic mass is 9.96. The predicted molar refractivity (Wildman–Crippen MR) is 129 cm³/mol. The van der Waals surface area contributed by atoms with Gasteiger partial charge in [0.15, 0.2) is 6.04 Å². The van der Waals surface area contributed by atoms with Crippen LogP contribution in [0.3, 0.4) is 0 Å². The van der Waals surface area contributed by atoms with Gasteiger partial charge in [0, 0.05) is 37.7 Å². The fourth-order valence-corrected chi connectivity index (χ4v) is 4.11. The molecule has 0 aromatic heterocycles. The number of amides is 3. The van der Waals surface area contributed by atoms with Crippen molar-refractivity contribution in [1.82, 2.24) is 15.1 Å². The summed E-state index contributed by atoms with van der Waals surface area (Å²) in [6, 6.07) is 17.0. The van der Waals surface area contributed by atoms with Gasteiger partial charge in [-0.1, -0.05) is 54.1 Å². The van der Waals surface area contributed by atoms with Crippen molar-refractivity contribution in [3.05, 3.63) is 70.7 Å². The highest BCUT2D eigenvalue weighted by Gasteiger charge is 2.27. The predicted octanol–water partition coefficient (Wildman–Crippen LogP) is 0.519. The molecule has 9 nitrogen and oxygen atoms in total. The average Bonchev–Trinajstić information content (AvgIpc) is 2.83. The van der Waals surface area contributed by atoms with E-state index in [0.29, 0.717) is 18.2 Å². The van der Waals surface area contributed by atoms with E-state index in [2.05, 4.69) is 51.5 Å². The first-order valence-electron chi connectivity index (χ1n) is 11.1. The van der Waals surface area contributed by atoms with E-state index in [1.807, 2.05) is 18.2 Å². The van der Waals surface area contributed by atoms with Crippen LogP contribution in [0, 0.1) is 0 Å². The lowest BCUT2D eigenvalue weighted by Gasteiger charge is -2.39. The number of hydrogen-bond donors (Lipinski definition) is 3. The van der Waals surface area contributed by atoms with E-state index < -0.39 is 23.8 Å². The fraction of sp³-hybridized carbons (Fsp3) is 0.375. The number of primary amides is 2. The van der Waals surface area contributed by atoms with Gasteiger partial charge in [-0.05, 0) is 23.3 Å². The molecule has 34 heavy (non-hydrogen) atoms. The van der Waals surface area contributed by atoms with Gasteiger partial charge in [0.25, 0.3) is 0 Å². The molecule has 1 aliphatic heterocycles. The number of carbonyl (C=O) groups excluding carboxylic acids is 3. The quantitative estimate of drug-likeness (QED) is 0.313. The first-order chi connectivity index (χ1) is 16.3. The van der Waals surface area contributed by atoms with Crippen LogP contribution in [0.1, 0.15) is 17.2 Å². The molecular formula is C24H30ClN5O4. The second-order valence-electron chi connectivity index (χ2n) is 8.10. The summed E-state index contributed by atoms with van der Waals surface area (Å²) in [6.45, 7) is 4.18. The normalized spacial score (nSPS) is 15.7. The van der Waals surface area contributed by atoms with Crippen LogP contribution in [0.4, 0.5) is 0 Å². The highest BCUT2D eigenvalue weighted by molar-refractivity contribution is 6.30. The molecule has 1 unspecified atom stereocenters. The SMILES string of the molecule is NC(=O)C(NC(=O)COCCN1CCN(C(c2ccccc2)c2ccc(Cl)cc2)CC1)C(N)=O. The lowest BCUT2D eigenvalue weighted by molar-refractivity contribution is -0.135. The van der Waals surface area contributed by atoms with Gasteiger partial charge < -0.3 is 21.5 Å². The van der Waals surface area contributed by atoms with Crippen LogP contribution in [-0.2, 0) is 19.1 Å². The number of halogens is 1. The van der Waals surface area contributed by atoms with Crippen molar-refractivity contribution in [2.24, 2.45) is 11.5 Å². The van der Waals surface area contributed by atoms with Gasteiger partial charge in [-0.15, -0.1) is 0 Å². The van der Waals surface area contributed by atoms with Gasteiger partial charge in [0.2, 0.25) is 17.7 Å². The third-order valence-corrected chi connectivity index (χ3v) is 5.98. The number of nitrogens with one attached hydrogen (secondary N) is 1. The van der Waals surface area contributed by atoms with Gasteiger partial charge in [0.1, 0.15) is 6.61 Å². The summed E-state index contributed by atoms with van der Waals surface area (Å²) >= 11 is 6.10. The molecule has 2 aromatic carbocycles. The van der Waals surface area contributed by atoms with E-state index >= 15 is 0 Å². The molecule has 1 aliphatic rings. The van der Waals surface area contributed by atoms with Crippen molar-refractivity contribution in [2.75, 3.05) is 45.9 Å². The van der Waals surface area contributed by atoms with Crippen molar-refractivity contribution < 1.29 is 19.1 Å². The summed E-state index contributed by atoms with van der Waals surface area (Å²) in [4.78, 5) is 38.8. The first-order valence-corrected chi connectivity index (χ1v) is 11.5. The number of hydrogen-bond acceptors (Lipinski definition) is 6. The molecular weight excluding hydrogens is 458 g/mol. The lowest BCUT2D eigenvalue weighted by Crippen LogP contribution is -2.53. The molecule has 1 atom stereocenters. The van der Waals surface area contributed by atoms with E-state index in [0.717, 1.165) is 26.2 Å². The zero-order valence-electron chi connectivity index (χ0n) is 18.9. The molecule has 0 aliphatic carbocycles. The average molecular weight is 488 g/mol. The monoisotopic (exact) mass is 487 g/mol.